The van der Waals surface area contributed by atoms with Gasteiger partial charge in [-0.1, -0.05) is 183 Å². The summed E-state index contributed by atoms with van der Waals surface area (Å²) >= 11 is 21.9. The quantitative estimate of drug-likeness (QED) is 0.0224. The predicted molar refractivity (Wildman–Crippen MR) is 397 cm³/mol. The van der Waals surface area contributed by atoms with Crippen LogP contribution in [0.1, 0.15) is 160 Å². The molecule has 6 amide bonds. The van der Waals surface area contributed by atoms with Crippen LogP contribution in [0.2, 0.25) is 10.0 Å². The Bertz CT molecular complexity index is 3500. The van der Waals surface area contributed by atoms with Crippen LogP contribution in [-0.4, -0.2) is 192 Å². The van der Waals surface area contributed by atoms with E-state index in [1.54, 1.807) is 49.4 Å². The first kappa shape index (κ1) is 86.7. The van der Waals surface area contributed by atoms with Gasteiger partial charge in [0.25, 0.3) is 0 Å². The Morgan fingerprint density at radius 1 is 0.569 bits per heavy atom. The number of aliphatic hydroxyl groups is 1. The van der Waals surface area contributed by atoms with Gasteiger partial charge in [-0.25, -0.2) is 9.59 Å². The number of amides is 6. The average Bonchev–Trinajstić information content (AvgIpc) is 1.63. The molecule has 3 aliphatic heterocycles. The second-order valence-corrected chi connectivity index (χ2v) is 29.2. The van der Waals surface area contributed by atoms with E-state index < -0.39 is 100 Å². The standard InChI is InChI=1S/C38H49Cl2N3O7.C38H48ClN3O7.CH4.2K/c1-23(2)19-29-36(47)50-30(24(3)34(45)33(40)26-11-6-5-7-12-26)13-10-14-32(44)42-28(21-25-15-16-31(49-4)27(39)20-25)35(46)41-22-38(37(48)43-29)17-8-9-18-38;1-23(2)19-29-36(45)48-30(24(3)33-34(49-33)26-11-6-5-7-12-26)13-10-14-32(43)41-28(21-25-15-16-31(47-4)27(39)20-25)35(44)40-22-38(37(46)42-29)17-8-9-18-38;;;/h5-7,10-12,14-16,20,23-24,28-30,33-34,45H,8-9,13,17-19,21-22H2,1-4H3,(H,41,46)(H,42,44)(H,43,48);5-7,10-12,14-16,20,23-24,28-30,33-34H,8-9,13,17-19,21-22H2,1-4H3,(H,40,44)(H,41,43)(H,42,46);1H4;;/b2*14-10+;;;/t24-,28+,29-,30-,33-,34+;24-,28+,29-,30-,33?,34?;;;/m00.../s1. The van der Waals surface area contributed by atoms with Gasteiger partial charge >= 0.3 is 75.1 Å². The van der Waals surface area contributed by atoms with Crippen LogP contribution >= 0.6 is 34.8 Å². The summed E-state index contributed by atoms with van der Waals surface area (Å²) in [6.07, 6.45) is 9.61. The summed E-state index contributed by atoms with van der Waals surface area (Å²) in [5.41, 5.74) is 1.35. The number of methoxy groups -OCH3 is 2. The molecule has 4 aromatic carbocycles. The van der Waals surface area contributed by atoms with Gasteiger partial charge in [-0.3, -0.25) is 28.8 Å². The Morgan fingerprint density at radius 3 is 1.39 bits per heavy atom. The van der Waals surface area contributed by atoms with Crippen molar-refractivity contribution in [1.29, 1.82) is 0 Å². The van der Waals surface area contributed by atoms with Gasteiger partial charge in [0, 0.05) is 50.6 Å². The van der Waals surface area contributed by atoms with Gasteiger partial charge in [0.1, 0.15) is 54.0 Å². The number of hydrogen-bond acceptors (Lipinski definition) is 14. The molecule has 3 heterocycles. The van der Waals surface area contributed by atoms with Gasteiger partial charge in [0.05, 0.1) is 52.7 Å². The van der Waals surface area contributed by atoms with Crippen LogP contribution in [0.3, 0.4) is 0 Å². The van der Waals surface area contributed by atoms with E-state index in [0.717, 1.165) is 36.8 Å². The zero-order valence-corrected chi connectivity index (χ0v) is 68.3. The molecule has 0 aromatic heterocycles. The second kappa shape index (κ2) is 42.4. The Labute approximate surface area is 662 Å². The summed E-state index contributed by atoms with van der Waals surface area (Å²) in [5.74, 6) is -3.39. The number of halogens is 3. The Morgan fingerprint density at radius 2 is 0.980 bits per heavy atom. The SMILES string of the molecule is C.COc1ccc(C[C@H]2NC(=O)/C=C/C[C@@H]([C@H](C)C3OC3c3ccccc3)OC(=O)[C@H](CC(C)C)NC(=O)C3(CCCC3)CNC2=O)cc1Cl.COc1ccc(C[C@H]2NC(=O)/C=C/C[C@@H]([C@H](C)[C@@H](O)[C@@H](Cl)c3ccccc3)OC(=O)[C@H](CC(C)C)NC(=O)C3(CCCC3)CNC2=O)cc1Cl.[K][K]. The molecule has 2 spiro atoms. The van der Waals surface area contributed by atoms with Crippen molar-refractivity contribution in [2.24, 2.45) is 34.5 Å². The third kappa shape index (κ3) is 24.9. The molecular formula is C77H101Cl3K2N6O14. The number of carbonyl (C=O) groups excluding carboxylic acids is 8. The minimum absolute atomic E-state index is 0. The number of cyclic esters (lactones) is 2. The first-order chi connectivity index (χ1) is 48.3. The first-order valence-electron chi connectivity index (χ1n) is 35.6. The number of alkyl halides is 1. The number of esters is 2. The number of nitrogens with one attached hydrogen (secondary N) is 6. The molecule has 3 fully saturated rings. The number of ether oxygens (including phenoxy) is 5. The Kier molecular flexibility index (Phi) is 36.0. The number of rotatable bonds is 17. The van der Waals surface area contributed by atoms with Crippen molar-refractivity contribution in [1.82, 2.24) is 31.9 Å². The topological polar surface area (TPSA) is 278 Å². The monoisotopic (exact) mass is 1520 g/mol. The van der Waals surface area contributed by atoms with Gasteiger partial charge < -0.3 is 60.7 Å². The van der Waals surface area contributed by atoms with Crippen LogP contribution in [0.4, 0.5) is 0 Å². The van der Waals surface area contributed by atoms with Crippen molar-refractivity contribution in [3.8, 4) is 11.5 Å². The van der Waals surface area contributed by atoms with Crippen molar-refractivity contribution in [2.45, 2.75) is 199 Å². The molecule has 2 saturated carbocycles. The third-order valence-electron chi connectivity index (χ3n) is 19.6. The first-order valence-corrected chi connectivity index (χ1v) is 52.8. The molecule has 0 radical (unpaired) electrons. The Hall–Kier alpha value is -4.22. The molecule has 2 aliphatic carbocycles. The molecule has 20 nitrogen and oxygen atoms in total. The molecular weight excluding hydrogens is 1420 g/mol. The number of hydrogen-bond donors (Lipinski definition) is 7. The van der Waals surface area contributed by atoms with Crippen molar-refractivity contribution in [3.63, 3.8) is 0 Å². The number of epoxide rings is 1. The van der Waals surface area contributed by atoms with Gasteiger partial charge in [-0.15, -0.1) is 11.6 Å². The molecule has 9 rings (SSSR count). The van der Waals surface area contributed by atoms with E-state index in [-0.39, 0.29) is 88.0 Å². The summed E-state index contributed by atoms with van der Waals surface area (Å²) in [6, 6.07) is 25.6. The van der Waals surface area contributed by atoms with E-state index in [2.05, 4.69) is 31.9 Å². The molecule has 102 heavy (non-hydrogen) atoms. The maximum atomic E-state index is 14.0. The molecule has 12 atom stereocenters. The number of carbonyl (C=O) groups is 8. The summed E-state index contributed by atoms with van der Waals surface area (Å²) in [7, 11) is 3.03. The molecule has 0 bridgehead atoms. The van der Waals surface area contributed by atoms with Crippen LogP contribution in [0.5, 0.6) is 11.5 Å². The summed E-state index contributed by atoms with van der Waals surface area (Å²) in [4.78, 5) is 110. The maximum absolute atomic E-state index is 14.0. The van der Waals surface area contributed by atoms with E-state index in [1.165, 1.54) is 95.6 Å². The minimum atomic E-state index is -1.12. The molecule has 5 aliphatic rings. The molecule has 546 valence electrons. The molecule has 4 aromatic rings. The van der Waals surface area contributed by atoms with Gasteiger partial charge in [-0.05, 0) is 109 Å². The molecule has 2 unspecified atom stereocenters. The van der Waals surface area contributed by atoms with Crippen molar-refractivity contribution >= 4 is 145 Å². The average molecular weight is 1520 g/mol. The fraction of sp³-hybridized carbons (Fsp3) is 0.532. The number of benzene rings is 4. The summed E-state index contributed by atoms with van der Waals surface area (Å²) in [6.45, 7) is 11.7. The summed E-state index contributed by atoms with van der Waals surface area (Å²) < 4.78 is 28.8. The van der Waals surface area contributed by atoms with Crippen LogP contribution in [0, 0.1) is 34.5 Å². The van der Waals surface area contributed by atoms with E-state index >= 15 is 0 Å². The van der Waals surface area contributed by atoms with E-state index in [4.69, 9.17) is 58.5 Å². The van der Waals surface area contributed by atoms with E-state index in [9.17, 15) is 43.5 Å². The Balaban J connectivity index is 0.000000310. The van der Waals surface area contributed by atoms with Crippen LogP contribution in [0.15, 0.2) is 121 Å². The van der Waals surface area contributed by atoms with Crippen molar-refractivity contribution < 1.29 is 67.1 Å². The van der Waals surface area contributed by atoms with Crippen molar-refractivity contribution in [3.05, 3.63) is 154 Å². The fourth-order valence-electron chi connectivity index (χ4n) is 13.6. The summed E-state index contributed by atoms with van der Waals surface area (Å²) in [5, 5.41) is 28.8. The zero-order valence-electron chi connectivity index (χ0n) is 59.8. The number of aliphatic hydroxyl groups excluding tert-OH is 1. The van der Waals surface area contributed by atoms with Crippen molar-refractivity contribution in [2.75, 3.05) is 27.3 Å². The van der Waals surface area contributed by atoms with E-state index in [0.29, 0.717) is 71.2 Å². The van der Waals surface area contributed by atoms with Gasteiger partial charge in [-0.2, -0.15) is 0 Å². The zero-order chi connectivity index (χ0) is 73.6. The third-order valence-corrected chi connectivity index (χ3v) is 20.7. The fourth-order valence-corrected chi connectivity index (χ4v) is 14.6. The predicted octanol–water partition coefficient (Wildman–Crippen LogP) is 10.5. The molecule has 1 saturated heterocycles. The normalized spacial score (nSPS) is 25.3. The van der Waals surface area contributed by atoms with Gasteiger partial charge in [0.15, 0.2) is 0 Å². The molecule has 25 heteroatoms. The van der Waals surface area contributed by atoms with E-state index in [1.807, 2.05) is 95.3 Å². The second-order valence-electron chi connectivity index (χ2n) is 27.9. The van der Waals surface area contributed by atoms with Crippen LogP contribution in [-0.2, 0) is 65.4 Å². The van der Waals surface area contributed by atoms with Crippen LogP contribution < -0.4 is 41.4 Å². The molecule has 7 N–H and O–H groups in total. The van der Waals surface area contributed by atoms with Gasteiger partial charge in [0.2, 0.25) is 35.4 Å². The van der Waals surface area contributed by atoms with Crippen LogP contribution in [0.25, 0.3) is 0 Å².